The van der Waals surface area contributed by atoms with Crippen molar-refractivity contribution in [2.24, 2.45) is 0 Å². The Kier molecular flexibility index (Phi) is 3.01. The number of benzene rings is 2. The van der Waals surface area contributed by atoms with E-state index < -0.39 is 0 Å². The van der Waals surface area contributed by atoms with Gasteiger partial charge in [0.05, 0.1) is 18.8 Å². The number of methoxy groups -OCH3 is 1. The fourth-order valence-corrected chi connectivity index (χ4v) is 2.69. The molecule has 0 spiro atoms. The summed E-state index contributed by atoms with van der Waals surface area (Å²) in [6.45, 7) is 0. The zero-order chi connectivity index (χ0) is 14.9. The van der Waals surface area contributed by atoms with Crippen molar-refractivity contribution >= 4 is 5.69 Å². The van der Waals surface area contributed by atoms with E-state index in [1.165, 1.54) is 17.5 Å². The van der Waals surface area contributed by atoms with Crippen molar-refractivity contribution in [2.45, 2.75) is 6.04 Å². The van der Waals surface area contributed by atoms with Crippen molar-refractivity contribution in [3.63, 3.8) is 0 Å². The highest BCUT2D eigenvalue weighted by Crippen LogP contribution is 2.35. The Morgan fingerprint density at radius 2 is 1.95 bits per heavy atom. The van der Waals surface area contributed by atoms with Crippen LogP contribution in [0.5, 0.6) is 5.75 Å². The number of nitrogens with zero attached hydrogens (tertiary/aromatic N) is 2. The molecule has 6 heteroatoms. The Bertz CT molecular complexity index is 783. The van der Waals surface area contributed by atoms with Crippen LogP contribution in [0.3, 0.4) is 0 Å². The third-order valence-corrected chi connectivity index (χ3v) is 3.85. The van der Waals surface area contributed by atoms with Gasteiger partial charge in [-0.25, -0.2) is 10.4 Å². The molecule has 1 aromatic heterocycles. The lowest BCUT2D eigenvalue weighted by Crippen LogP contribution is -2.19. The summed E-state index contributed by atoms with van der Waals surface area (Å²) in [5.41, 5.74) is 11.0. The van der Waals surface area contributed by atoms with Gasteiger partial charge in [-0.05, 0) is 35.9 Å². The Hall–Kier alpha value is -2.86. The number of hydrogen-bond donors (Lipinski definition) is 3. The van der Waals surface area contributed by atoms with Gasteiger partial charge in [-0.1, -0.05) is 12.1 Å². The molecule has 1 aliphatic heterocycles. The molecular weight excluding hydrogens is 278 g/mol. The van der Waals surface area contributed by atoms with Crippen molar-refractivity contribution < 1.29 is 4.74 Å². The summed E-state index contributed by atoms with van der Waals surface area (Å²) in [6.07, 6.45) is 1.51. The van der Waals surface area contributed by atoms with Crippen molar-refractivity contribution in [1.82, 2.24) is 20.6 Å². The largest absolute Gasteiger partial charge is 0.497 e. The highest BCUT2D eigenvalue weighted by molar-refractivity contribution is 5.67. The number of ether oxygens (including phenoxy) is 1. The first kappa shape index (κ1) is 12.8. The smallest absolute Gasteiger partial charge is 0.155 e. The molecule has 0 saturated heterocycles. The van der Waals surface area contributed by atoms with Gasteiger partial charge in [0.15, 0.2) is 5.82 Å². The molecule has 0 aliphatic carbocycles. The standard InChI is InChI=1S/C16H15N5O/c1-22-12-5-2-10(3-6-12)15-13-8-11(16-17-9-18-21-16)4-7-14(13)19-20-15/h2-9,15,19-20H,1H3,(H,17,18,21). The third kappa shape index (κ3) is 2.10. The Morgan fingerprint density at radius 1 is 1.09 bits per heavy atom. The van der Waals surface area contributed by atoms with E-state index in [1.54, 1.807) is 7.11 Å². The van der Waals surface area contributed by atoms with Crippen molar-refractivity contribution in [3.8, 4) is 17.1 Å². The maximum atomic E-state index is 5.21. The predicted octanol–water partition coefficient (Wildman–Crippen LogP) is 2.50. The van der Waals surface area contributed by atoms with E-state index >= 15 is 0 Å². The number of fused-ring (bicyclic) bond motifs is 1. The molecule has 22 heavy (non-hydrogen) atoms. The maximum Gasteiger partial charge on any atom is 0.155 e. The molecule has 0 fully saturated rings. The minimum Gasteiger partial charge on any atom is -0.497 e. The predicted molar refractivity (Wildman–Crippen MR) is 83.4 cm³/mol. The van der Waals surface area contributed by atoms with Crippen LogP contribution in [0.15, 0.2) is 48.8 Å². The SMILES string of the molecule is COc1ccc(C2NNc3ccc(-c4ncn[nH]4)cc32)cc1. The van der Waals surface area contributed by atoms with Gasteiger partial charge in [0.1, 0.15) is 12.1 Å². The van der Waals surface area contributed by atoms with Gasteiger partial charge in [0.2, 0.25) is 0 Å². The van der Waals surface area contributed by atoms with Gasteiger partial charge in [0.25, 0.3) is 0 Å². The molecule has 0 bridgehead atoms. The second-order valence-corrected chi connectivity index (χ2v) is 5.11. The van der Waals surface area contributed by atoms with Gasteiger partial charge in [-0.3, -0.25) is 5.10 Å². The number of hydrogen-bond acceptors (Lipinski definition) is 5. The van der Waals surface area contributed by atoms with Crippen LogP contribution in [0.25, 0.3) is 11.4 Å². The summed E-state index contributed by atoms with van der Waals surface area (Å²) in [7, 11) is 1.67. The van der Waals surface area contributed by atoms with Crippen molar-refractivity contribution in [3.05, 3.63) is 59.9 Å². The number of aromatic nitrogens is 3. The van der Waals surface area contributed by atoms with E-state index in [-0.39, 0.29) is 6.04 Å². The normalized spacial score (nSPS) is 16.1. The number of rotatable bonds is 3. The summed E-state index contributed by atoms with van der Waals surface area (Å²) in [4.78, 5) is 4.21. The molecule has 1 unspecified atom stereocenters. The average molecular weight is 293 g/mol. The molecule has 2 heterocycles. The highest BCUT2D eigenvalue weighted by Gasteiger charge is 2.24. The van der Waals surface area contributed by atoms with Crippen LogP contribution >= 0.6 is 0 Å². The van der Waals surface area contributed by atoms with E-state index in [0.29, 0.717) is 0 Å². The lowest BCUT2D eigenvalue weighted by Gasteiger charge is -2.12. The first-order chi connectivity index (χ1) is 10.8. The second-order valence-electron chi connectivity index (χ2n) is 5.11. The summed E-state index contributed by atoms with van der Waals surface area (Å²) in [5, 5.41) is 6.80. The average Bonchev–Trinajstić information content (AvgIpc) is 3.24. The topological polar surface area (TPSA) is 74.9 Å². The molecule has 4 rings (SSSR count). The minimum atomic E-state index is 0.0868. The lowest BCUT2D eigenvalue weighted by molar-refractivity contribution is 0.414. The zero-order valence-electron chi connectivity index (χ0n) is 12.0. The Morgan fingerprint density at radius 3 is 2.68 bits per heavy atom. The van der Waals surface area contributed by atoms with E-state index in [0.717, 1.165) is 22.8 Å². The molecule has 0 saturated carbocycles. The van der Waals surface area contributed by atoms with Crippen LogP contribution in [0.1, 0.15) is 17.2 Å². The van der Waals surface area contributed by atoms with Gasteiger partial charge in [0, 0.05) is 11.1 Å². The molecule has 0 amide bonds. The van der Waals surface area contributed by atoms with Gasteiger partial charge >= 0.3 is 0 Å². The van der Waals surface area contributed by atoms with Crippen LogP contribution in [0.2, 0.25) is 0 Å². The fourth-order valence-electron chi connectivity index (χ4n) is 2.69. The highest BCUT2D eigenvalue weighted by atomic mass is 16.5. The number of aromatic amines is 1. The molecule has 3 aromatic rings. The van der Waals surface area contributed by atoms with E-state index in [9.17, 15) is 0 Å². The van der Waals surface area contributed by atoms with Crippen LogP contribution in [-0.4, -0.2) is 22.3 Å². The van der Waals surface area contributed by atoms with Gasteiger partial charge in [-0.2, -0.15) is 5.10 Å². The van der Waals surface area contributed by atoms with Crippen LogP contribution in [0, 0.1) is 0 Å². The summed E-state index contributed by atoms with van der Waals surface area (Å²) < 4.78 is 5.21. The van der Waals surface area contributed by atoms with E-state index in [1.807, 2.05) is 24.3 Å². The van der Waals surface area contributed by atoms with Crippen LogP contribution in [0.4, 0.5) is 5.69 Å². The lowest BCUT2D eigenvalue weighted by atomic mass is 9.97. The summed E-state index contributed by atoms with van der Waals surface area (Å²) in [5.74, 6) is 1.62. The Balaban J connectivity index is 1.72. The number of H-pyrrole nitrogens is 1. The van der Waals surface area contributed by atoms with Crippen molar-refractivity contribution in [1.29, 1.82) is 0 Å². The minimum absolute atomic E-state index is 0.0868. The third-order valence-electron chi connectivity index (χ3n) is 3.85. The molecule has 1 aliphatic rings. The first-order valence-corrected chi connectivity index (χ1v) is 7.00. The monoisotopic (exact) mass is 293 g/mol. The van der Waals surface area contributed by atoms with E-state index in [2.05, 4.69) is 44.2 Å². The number of nitrogens with one attached hydrogen (secondary N) is 3. The maximum absolute atomic E-state index is 5.21. The quantitative estimate of drug-likeness (QED) is 0.692. The summed E-state index contributed by atoms with van der Waals surface area (Å²) >= 11 is 0. The first-order valence-electron chi connectivity index (χ1n) is 7.00. The summed E-state index contributed by atoms with van der Waals surface area (Å²) in [6, 6.07) is 14.3. The van der Waals surface area contributed by atoms with Gasteiger partial charge < -0.3 is 10.2 Å². The molecule has 110 valence electrons. The fraction of sp³-hybridized carbons (Fsp3) is 0.125. The van der Waals surface area contributed by atoms with Crippen LogP contribution in [-0.2, 0) is 0 Å². The van der Waals surface area contributed by atoms with Gasteiger partial charge in [-0.15, -0.1) is 0 Å². The molecule has 3 N–H and O–H groups in total. The zero-order valence-corrected chi connectivity index (χ0v) is 12.0. The molecular formula is C16H15N5O. The van der Waals surface area contributed by atoms with Crippen molar-refractivity contribution in [2.75, 3.05) is 12.5 Å². The molecule has 2 aromatic carbocycles. The molecule has 0 radical (unpaired) electrons. The van der Waals surface area contributed by atoms with E-state index in [4.69, 9.17) is 4.74 Å². The van der Waals surface area contributed by atoms with Crippen LogP contribution < -0.4 is 15.6 Å². The molecule has 6 nitrogen and oxygen atoms in total. The number of anilines is 1. The number of hydrazine groups is 1. The second kappa shape index (κ2) is 5.16. The Labute approximate surface area is 127 Å². The molecule has 1 atom stereocenters.